The van der Waals surface area contributed by atoms with Crippen molar-refractivity contribution in [3.8, 4) is 5.75 Å². The number of fused-ring (bicyclic) bond motifs is 1. The van der Waals surface area contributed by atoms with E-state index < -0.39 is 0 Å². The van der Waals surface area contributed by atoms with Gasteiger partial charge in [-0.05, 0) is 31.5 Å². The smallest absolute Gasteiger partial charge is 0.116 e. The number of nitrogens with zero attached hydrogens (tertiary/aromatic N) is 1. The van der Waals surface area contributed by atoms with Crippen molar-refractivity contribution in [3.05, 3.63) is 23.4 Å². The second-order valence-corrected chi connectivity index (χ2v) is 4.04. The van der Waals surface area contributed by atoms with Gasteiger partial charge in [-0.3, -0.25) is 5.10 Å². The van der Waals surface area contributed by atoms with Gasteiger partial charge in [-0.2, -0.15) is 5.10 Å². The van der Waals surface area contributed by atoms with Crippen LogP contribution in [0.1, 0.15) is 18.2 Å². The van der Waals surface area contributed by atoms with Gasteiger partial charge in [0.25, 0.3) is 0 Å². The Kier molecular flexibility index (Phi) is 2.36. The van der Waals surface area contributed by atoms with E-state index in [1.807, 2.05) is 13.8 Å². The van der Waals surface area contributed by atoms with Gasteiger partial charge in [0.15, 0.2) is 0 Å². The number of aromatic hydroxyl groups is 1. The Morgan fingerprint density at radius 1 is 1.53 bits per heavy atom. The molecule has 0 aliphatic carbocycles. The zero-order chi connectivity index (χ0) is 11.0. The fourth-order valence-electron chi connectivity index (χ4n) is 1.80. The number of nitrogens with two attached hydrogens (primary N) is 1. The molecule has 0 saturated heterocycles. The van der Waals surface area contributed by atoms with Crippen LogP contribution in [0, 0.1) is 6.92 Å². The highest BCUT2D eigenvalue weighted by Crippen LogP contribution is 2.25. The Balaban J connectivity index is 2.58. The first-order chi connectivity index (χ1) is 7.08. The van der Waals surface area contributed by atoms with Crippen molar-refractivity contribution in [2.75, 3.05) is 0 Å². The molecule has 4 nitrogen and oxygen atoms in total. The first-order valence-electron chi connectivity index (χ1n) is 5.00. The lowest BCUT2D eigenvalue weighted by Gasteiger charge is -2.03. The van der Waals surface area contributed by atoms with Gasteiger partial charge in [0.05, 0.1) is 5.52 Å². The summed E-state index contributed by atoms with van der Waals surface area (Å²) in [6, 6.07) is 3.51. The van der Waals surface area contributed by atoms with Crippen LogP contribution in [0.2, 0.25) is 0 Å². The number of phenolic OH excluding ortho intramolecular Hbond substituents is 1. The number of phenols is 1. The molecule has 4 N–H and O–H groups in total. The van der Waals surface area contributed by atoms with Crippen molar-refractivity contribution < 1.29 is 5.11 Å². The Hall–Kier alpha value is -1.55. The van der Waals surface area contributed by atoms with E-state index in [0.717, 1.165) is 28.6 Å². The molecule has 1 unspecified atom stereocenters. The number of nitrogens with one attached hydrogen (secondary N) is 1. The molecule has 0 fully saturated rings. The summed E-state index contributed by atoms with van der Waals surface area (Å²) in [4.78, 5) is 0. The lowest BCUT2D eigenvalue weighted by Crippen LogP contribution is -2.18. The number of aryl methyl sites for hydroxylation is 1. The third kappa shape index (κ3) is 1.80. The van der Waals surface area contributed by atoms with Crippen LogP contribution >= 0.6 is 0 Å². The molecular formula is C11H15N3O. The molecule has 15 heavy (non-hydrogen) atoms. The highest BCUT2D eigenvalue weighted by molar-refractivity contribution is 5.85. The van der Waals surface area contributed by atoms with Gasteiger partial charge >= 0.3 is 0 Å². The van der Waals surface area contributed by atoms with E-state index >= 15 is 0 Å². The highest BCUT2D eigenvalue weighted by Gasteiger charge is 2.10. The summed E-state index contributed by atoms with van der Waals surface area (Å²) < 4.78 is 0. The molecule has 0 saturated carbocycles. The summed E-state index contributed by atoms with van der Waals surface area (Å²) in [5.74, 6) is 0.271. The molecule has 0 spiro atoms. The molecule has 0 aliphatic heterocycles. The minimum absolute atomic E-state index is 0.0799. The Morgan fingerprint density at radius 2 is 2.27 bits per heavy atom. The van der Waals surface area contributed by atoms with Crippen molar-refractivity contribution >= 4 is 10.9 Å². The van der Waals surface area contributed by atoms with Crippen molar-refractivity contribution in [3.63, 3.8) is 0 Å². The van der Waals surface area contributed by atoms with Crippen LogP contribution in [0.3, 0.4) is 0 Å². The van der Waals surface area contributed by atoms with Crippen molar-refractivity contribution in [2.45, 2.75) is 26.3 Å². The molecule has 0 bridgehead atoms. The SMILES string of the molecule is Cc1cc(O)cc2c(CC(C)N)[nH]nc12. The monoisotopic (exact) mass is 205 g/mol. The molecule has 4 heteroatoms. The molecule has 0 aliphatic rings. The van der Waals surface area contributed by atoms with Crippen LogP contribution in [0.25, 0.3) is 10.9 Å². The number of hydrogen-bond donors (Lipinski definition) is 3. The van der Waals surface area contributed by atoms with Gasteiger partial charge in [-0.25, -0.2) is 0 Å². The van der Waals surface area contributed by atoms with Crippen LogP contribution in [-0.4, -0.2) is 21.3 Å². The lowest BCUT2D eigenvalue weighted by molar-refractivity contribution is 0.475. The summed E-state index contributed by atoms with van der Waals surface area (Å²) >= 11 is 0. The summed E-state index contributed by atoms with van der Waals surface area (Å²) in [5, 5.41) is 17.7. The Morgan fingerprint density at radius 3 is 2.93 bits per heavy atom. The minimum Gasteiger partial charge on any atom is -0.508 e. The Labute approximate surface area is 88.1 Å². The van der Waals surface area contributed by atoms with E-state index in [1.165, 1.54) is 0 Å². The van der Waals surface area contributed by atoms with E-state index in [0.29, 0.717) is 0 Å². The van der Waals surface area contributed by atoms with Crippen LogP contribution < -0.4 is 5.73 Å². The first-order valence-corrected chi connectivity index (χ1v) is 5.00. The van der Waals surface area contributed by atoms with E-state index in [-0.39, 0.29) is 11.8 Å². The van der Waals surface area contributed by atoms with Crippen molar-refractivity contribution in [1.29, 1.82) is 0 Å². The molecule has 1 heterocycles. The van der Waals surface area contributed by atoms with E-state index in [2.05, 4.69) is 10.2 Å². The molecule has 2 aromatic rings. The molecule has 0 radical (unpaired) electrons. The van der Waals surface area contributed by atoms with Gasteiger partial charge in [-0.1, -0.05) is 0 Å². The zero-order valence-electron chi connectivity index (χ0n) is 8.91. The van der Waals surface area contributed by atoms with Crippen LogP contribution in [0.5, 0.6) is 5.75 Å². The van der Waals surface area contributed by atoms with E-state index in [1.54, 1.807) is 12.1 Å². The number of rotatable bonds is 2. The van der Waals surface area contributed by atoms with Gasteiger partial charge in [0.1, 0.15) is 5.75 Å². The number of aromatic amines is 1. The highest BCUT2D eigenvalue weighted by atomic mass is 16.3. The van der Waals surface area contributed by atoms with E-state index in [9.17, 15) is 5.11 Å². The number of H-pyrrole nitrogens is 1. The average Bonchev–Trinajstić information content (AvgIpc) is 2.48. The maximum Gasteiger partial charge on any atom is 0.116 e. The second kappa shape index (κ2) is 3.55. The third-order valence-electron chi connectivity index (χ3n) is 2.44. The number of aromatic nitrogens is 2. The maximum absolute atomic E-state index is 9.52. The second-order valence-electron chi connectivity index (χ2n) is 4.04. The molecule has 2 rings (SSSR count). The molecular weight excluding hydrogens is 190 g/mol. The number of hydrogen-bond acceptors (Lipinski definition) is 3. The van der Waals surface area contributed by atoms with Gasteiger partial charge < -0.3 is 10.8 Å². The third-order valence-corrected chi connectivity index (χ3v) is 2.44. The molecule has 1 aromatic carbocycles. The minimum atomic E-state index is 0.0799. The summed E-state index contributed by atoms with van der Waals surface area (Å²) in [5.41, 5.74) is 8.60. The van der Waals surface area contributed by atoms with Crippen LogP contribution in [0.4, 0.5) is 0 Å². The molecule has 0 amide bonds. The van der Waals surface area contributed by atoms with Crippen LogP contribution in [-0.2, 0) is 6.42 Å². The van der Waals surface area contributed by atoms with E-state index in [4.69, 9.17) is 5.73 Å². The summed E-state index contributed by atoms with van der Waals surface area (Å²) in [7, 11) is 0. The van der Waals surface area contributed by atoms with Gasteiger partial charge in [0.2, 0.25) is 0 Å². The first kappa shape index (κ1) is 9.98. The average molecular weight is 205 g/mol. The van der Waals surface area contributed by atoms with Gasteiger partial charge in [-0.15, -0.1) is 0 Å². The Bertz CT molecular complexity index is 488. The van der Waals surface area contributed by atoms with Crippen molar-refractivity contribution in [1.82, 2.24) is 10.2 Å². The van der Waals surface area contributed by atoms with Crippen molar-refractivity contribution in [2.24, 2.45) is 5.73 Å². The predicted octanol–water partition coefficient (Wildman–Crippen LogP) is 1.47. The number of benzene rings is 1. The van der Waals surface area contributed by atoms with Crippen LogP contribution in [0.15, 0.2) is 12.1 Å². The quantitative estimate of drug-likeness (QED) is 0.695. The fourth-order valence-corrected chi connectivity index (χ4v) is 1.80. The maximum atomic E-state index is 9.52. The predicted molar refractivity (Wildman–Crippen MR) is 59.8 cm³/mol. The fraction of sp³-hybridized carbons (Fsp3) is 0.364. The summed E-state index contributed by atoms with van der Waals surface area (Å²) in [6.45, 7) is 3.88. The normalized spacial score (nSPS) is 13.3. The standard InChI is InChI=1S/C11H15N3O/c1-6-3-8(15)5-9-10(4-7(2)12)13-14-11(6)9/h3,5,7,15H,4,12H2,1-2H3,(H,13,14). The summed E-state index contributed by atoms with van der Waals surface area (Å²) in [6.07, 6.45) is 0.736. The molecule has 80 valence electrons. The topological polar surface area (TPSA) is 74.9 Å². The zero-order valence-corrected chi connectivity index (χ0v) is 8.91. The van der Waals surface area contributed by atoms with Gasteiger partial charge in [0, 0.05) is 23.5 Å². The lowest BCUT2D eigenvalue weighted by atomic mass is 10.1. The molecule has 1 atom stereocenters. The molecule has 1 aromatic heterocycles. The largest absolute Gasteiger partial charge is 0.508 e.